The number of nitrogens with zero attached hydrogens (tertiary/aromatic N) is 2. The van der Waals surface area contributed by atoms with Crippen molar-refractivity contribution in [3.05, 3.63) is 0 Å². The van der Waals surface area contributed by atoms with Crippen LogP contribution in [0.4, 0.5) is 0 Å². The van der Waals surface area contributed by atoms with Gasteiger partial charge in [0.2, 0.25) is 5.91 Å². The zero-order valence-corrected chi connectivity index (χ0v) is 9.66. The molecule has 3 N–H and O–H groups in total. The summed E-state index contributed by atoms with van der Waals surface area (Å²) in [5.41, 5.74) is 5.49. The maximum Gasteiger partial charge on any atom is 0.242 e. The van der Waals surface area contributed by atoms with Crippen LogP contribution >= 0.6 is 11.8 Å². The van der Waals surface area contributed by atoms with Crippen LogP contribution in [0.25, 0.3) is 0 Å². The van der Waals surface area contributed by atoms with E-state index in [1.54, 1.807) is 4.90 Å². The van der Waals surface area contributed by atoms with Gasteiger partial charge in [0.1, 0.15) is 10.9 Å². The van der Waals surface area contributed by atoms with Crippen molar-refractivity contribution in [2.75, 3.05) is 39.0 Å². The van der Waals surface area contributed by atoms with Crippen molar-refractivity contribution >= 4 is 17.7 Å². The van der Waals surface area contributed by atoms with Gasteiger partial charge in [0, 0.05) is 12.3 Å². The first-order chi connectivity index (χ1) is 7.09. The van der Waals surface area contributed by atoms with E-state index in [0.717, 1.165) is 25.4 Å². The summed E-state index contributed by atoms with van der Waals surface area (Å²) in [4.78, 5) is 15.8. The summed E-state index contributed by atoms with van der Waals surface area (Å²) in [5, 5.41) is 8.79. The first-order valence-electron chi connectivity index (χ1n) is 5.09. The van der Waals surface area contributed by atoms with Gasteiger partial charge in [0.25, 0.3) is 0 Å². The Labute approximate surface area is 93.6 Å². The number of amides is 1. The molecule has 1 amide bonds. The monoisotopic (exact) mass is 231 g/mol. The van der Waals surface area contributed by atoms with Gasteiger partial charge in [-0.05, 0) is 7.05 Å². The second-order valence-corrected chi connectivity index (χ2v) is 5.66. The molecule has 6 heteroatoms. The van der Waals surface area contributed by atoms with Crippen molar-refractivity contribution in [3.8, 4) is 0 Å². The number of likely N-dealkylation sites (tertiary alicyclic amines) is 1. The molecule has 2 fully saturated rings. The topological polar surface area (TPSA) is 69.8 Å². The van der Waals surface area contributed by atoms with Gasteiger partial charge in [-0.2, -0.15) is 0 Å². The maximum atomic E-state index is 11.6. The third-order valence-electron chi connectivity index (χ3n) is 3.19. The molecule has 0 aromatic rings. The number of aliphatic hydroxyl groups is 1. The van der Waals surface area contributed by atoms with Crippen molar-refractivity contribution < 1.29 is 9.90 Å². The quantitative estimate of drug-likeness (QED) is 0.607. The van der Waals surface area contributed by atoms with E-state index in [4.69, 9.17) is 10.8 Å². The standard InChI is InChI=1S/C9H17N3O2S/c1-11-2-3-15-9(11)5-12(6-9)8(14)7(10)4-13/h7,13H,2-6,10H2,1H3/t7-/m0/s1. The third kappa shape index (κ3) is 1.75. The highest BCUT2D eigenvalue weighted by Gasteiger charge is 2.51. The van der Waals surface area contributed by atoms with Crippen molar-refractivity contribution in [1.29, 1.82) is 0 Å². The van der Waals surface area contributed by atoms with Crippen LogP contribution in [0, 0.1) is 0 Å². The molecular weight excluding hydrogens is 214 g/mol. The first-order valence-corrected chi connectivity index (χ1v) is 6.08. The van der Waals surface area contributed by atoms with Crippen LogP contribution in [0.5, 0.6) is 0 Å². The summed E-state index contributed by atoms with van der Waals surface area (Å²) < 4.78 is 0. The Morgan fingerprint density at radius 3 is 2.80 bits per heavy atom. The highest BCUT2D eigenvalue weighted by atomic mass is 32.2. The van der Waals surface area contributed by atoms with Crippen LogP contribution < -0.4 is 5.73 Å². The van der Waals surface area contributed by atoms with Gasteiger partial charge in [0.05, 0.1) is 19.7 Å². The van der Waals surface area contributed by atoms with E-state index in [1.165, 1.54) is 0 Å². The molecule has 1 atom stereocenters. The predicted octanol–water partition coefficient (Wildman–Crippen LogP) is -1.48. The summed E-state index contributed by atoms with van der Waals surface area (Å²) >= 11 is 1.91. The van der Waals surface area contributed by atoms with Gasteiger partial charge in [-0.1, -0.05) is 0 Å². The number of rotatable bonds is 2. The summed E-state index contributed by atoms with van der Waals surface area (Å²) in [6.07, 6.45) is 0. The number of thioether (sulfide) groups is 1. The van der Waals surface area contributed by atoms with Gasteiger partial charge in [-0.3, -0.25) is 9.69 Å². The molecule has 15 heavy (non-hydrogen) atoms. The summed E-state index contributed by atoms with van der Waals surface area (Å²) in [5.74, 6) is 0.994. The lowest BCUT2D eigenvalue weighted by atomic mass is 10.1. The fourth-order valence-electron chi connectivity index (χ4n) is 2.04. The largest absolute Gasteiger partial charge is 0.394 e. The van der Waals surface area contributed by atoms with Gasteiger partial charge in [-0.15, -0.1) is 11.8 Å². The lowest BCUT2D eigenvalue weighted by molar-refractivity contribution is -0.141. The second-order valence-electron chi connectivity index (χ2n) is 4.20. The highest BCUT2D eigenvalue weighted by molar-refractivity contribution is 8.01. The maximum absolute atomic E-state index is 11.6. The van der Waals surface area contributed by atoms with Crippen molar-refractivity contribution in [1.82, 2.24) is 9.80 Å². The van der Waals surface area contributed by atoms with Crippen molar-refractivity contribution in [3.63, 3.8) is 0 Å². The minimum atomic E-state index is -0.751. The number of carbonyl (C=O) groups is 1. The summed E-state index contributed by atoms with van der Waals surface area (Å²) in [6.45, 7) is 2.28. The average Bonchev–Trinajstić information content (AvgIpc) is 2.55. The molecule has 0 bridgehead atoms. The Hall–Kier alpha value is -0.300. The second kappa shape index (κ2) is 3.93. The molecular formula is C9H17N3O2S. The molecule has 0 aliphatic carbocycles. The Balaban J connectivity index is 1.90. The molecule has 86 valence electrons. The number of aliphatic hydroxyl groups excluding tert-OH is 1. The van der Waals surface area contributed by atoms with E-state index in [1.807, 2.05) is 11.8 Å². The van der Waals surface area contributed by atoms with Gasteiger partial charge in [0.15, 0.2) is 0 Å². The zero-order valence-electron chi connectivity index (χ0n) is 8.85. The fraction of sp³-hybridized carbons (Fsp3) is 0.889. The van der Waals surface area contributed by atoms with Crippen LogP contribution in [-0.2, 0) is 4.79 Å². The van der Waals surface area contributed by atoms with E-state index in [2.05, 4.69) is 11.9 Å². The van der Waals surface area contributed by atoms with E-state index >= 15 is 0 Å². The first kappa shape index (κ1) is 11.2. The molecule has 0 aromatic carbocycles. The van der Waals surface area contributed by atoms with Gasteiger partial charge >= 0.3 is 0 Å². The normalized spacial score (nSPS) is 26.7. The van der Waals surface area contributed by atoms with Crippen LogP contribution in [0.2, 0.25) is 0 Å². The molecule has 2 aliphatic heterocycles. The predicted molar refractivity (Wildman–Crippen MR) is 59.5 cm³/mol. The van der Waals surface area contributed by atoms with E-state index in [9.17, 15) is 4.79 Å². The Morgan fingerprint density at radius 2 is 2.33 bits per heavy atom. The molecule has 0 aromatic heterocycles. The average molecular weight is 231 g/mol. The number of hydrogen-bond acceptors (Lipinski definition) is 5. The van der Waals surface area contributed by atoms with Crippen LogP contribution in [-0.4, -0.2) is 70.8 Å². The van der Waals surface area contributed by atoms with Crippen molar-refractivity contribution in [2.45, 2.75) is 10.9 Å². The van der Waals surface area contributed by atoms with Crippen LogP contribution in [0.3, 0.4) is 0 Å². The lowest BCUT2D eigenvalue weighted by Gasteiger charge is -2.51. The molecule has 2 rings (SSSR count). The van der Waals surface area contributed by atoms with Gasteiger partial charge < -0.3 is 15.7 Å². The molecule has 2 aliphatic rings. The van der Waals surface area contributed by atoms with E-state index < -0.39 is 6.04 Å². The number of likely N-dealkylation sites (N-methyl/N-ethyl adjacent to an activating group) is 1. The Bertz CT molecular complexity index is 268. The molecule has 0 radical (unpaired) electrons. The summed E-state index contributed by atoms with van der Waals surface area (Å²) in [7, 11) is 2.09. The molecule has 5 nitrogen and oxygen atoms in total. The van der Waals surface area contributed by atoms with Crippen LogP contribution in [0.15, 0.2) is 0 Å². The Morgan fingerprint density at radius 1 is 1.67 bits per heavy atom. The van der Waals surface area contributed by atoms with E-state index in [-0.39, 0.29) is 17.4 Å². The molecule has 2 heterocycles. The Kier molecular flexibility index (Phi) is 2.94. The highest BCUT2D eigenvalue weighted by Crippen LogP contribution is 2.42. The third-order valence-corrected chi connectivity index (χ3v) is 4.69. The van der Waals surface area contributed by atoms with Crippen molar-refractivity contribution in [2.24, 2.45) is 5.73 Å². The molecule has 1 spiro atoms. The van der Waals surface area contributed by atoms with Crippen LogP contribution in [0.1, 0.15) is 0 Å². The minimum Gasteiger partial charge on any atom is -0.394 e. The number of carbonyl (C=O) groups excluding carboxylic acids is 1. The zero-order chi connectivity index (χ0) is 11.1. The summed E-state index contributed by atoms with van der Waals surface area (Å²) in [6, 6.07) is -0.751. The smallest absolute Gasteiger partial charge is 0.242 e. The number of hydrogen-bond donors (Lipinski definition) is 2. The van der Waals surface area contributed by atoms with Gasteiger partial charge in [-0.25, -0.2) is 0 Å². The molecule has 2 saturated heterocycles. The molecule has 0 saturated carbocycles. The number of nitrogens with two attached hydrogens (primary N) is 1. The van der Waals surface area contributed by atoms with E-state index in [0.29, 0.717) is 0 Å². The lowest BCUT2D eigenvalue weighted by Crippen LogP contribution is -2.68. The SMILES string of the molecule is CN1CCSC12CN(C(=O)[C@@H](N)CO)C2. The molecule has 0 unspecified atom stereocenters. The fourth-order valence-corrected chi connectivity index (χ4v) is 3.59. The minimum absolute atomic E-state index is 0.130.